The third-order valence-corrected chi connectivity index (χ3v) is 7.56. The minimum absolute atomic E-state index is 1.01. The zero-order valence-electron chi connectivity index (χ0n) is 21.9. The molecule has 114 valence electrons. The molecule has 0 bridgehead atoms. The summed E-state index contributed by atoms with van der Waals surface area (Å²) in [5.41, 5.74) is 0. The first-order valence-electron chi connectivity index (χ1n) is 12.3. The highest BCUT2D eigenvalue weighted by Gasteiger charge is 2.56. The van der Waals surface area contributed by atoms with Crippen molar-refractivity contribution in [2.45, 2.75) is 0 Å². The van der Waals surface area contributed by atoms with Gasteiger partial charge in [-0.05, 0) is 0 Å². The van der Waals surface area contributed by atoms with Gasteiger partial charge in [0.25, 0.3) is 0 Å². The van der Waals surface area contributed by atoms with Gasteiger partial charge in [-0.25, -0.2) is 0 Å². The topological polar surface area (TPSA) is 0 Å². The van der Waals surface area contributed by atoms with E-state index >= 15 is 0 Å². The lowest BCUT2D eigenvalue weighted by Crippen LogP contribution is -2.92. The number of hydrogen-bond acceptors (Lipinski definition) is 0. The quantitative estimate of drug-likeness (QED) is 0.209. The maximum atomic E-state index is 6.24. The Labute approximate surface area is 268 Å². The van der Waals surface area contributed by atoms with Crippen LogP contribution in [0.5, 0.6) is 0 Å². The van der Waals surface area contributed by atoms with E-state index in [9.17, 15) is 0 Å². The number of hydrogen-bond donors (Lipinski definition) is 0. The molecule has 0 aromatic heterocycles. The van der Waals surface area contributed by atoms with Gasteiger partial charge in [0.05, 0.1) is 0 Å². The van der Waals surface area contributed by atoms with Crippen LogP contribution in [0.4, 0.5) is 0 Å². The summed E-state index contributed by atoms with van der Waals surface area (Å²) in [6.45, 7) is 0. The molecule has 0 aliphatic rings. The van der Waals surface area contributed by atoms with E-state index in [1.54, 1.807) is 0 Å². The summed E-state index contributed by atoms with van der Waals surface area (Å²) in [6, 6.07) is 0. The molecule has 38 heteroatoms. The lowest BCUT2D eigenvalue weighted by molar-refractivity contribution is 3.22. The fourth-order valence-electron chi connectivity index (χ4n) is 6.16. The van der Waals surface area contributed by atoms with E-state index in [1.165, 1.54) is 0 Å². The van der Waals surface area contributed by atoms with Crippen LogP contribution in [0.25, 0.3) is 0 Å². The average Bonchev–Trinajstić information content (AvgIpc) is 2.67. The van der Waals surface area contributed by atoms with Gasteiger partial charge in [-0.2, -0.15) is 0 Å². The van der Waals surface area contributed by atoms with Crippen LogP contribution in [0, 0.1) is 0 Å². The Kier molecular flexibility index (Phi) is 19.5. The highest BCUT2D eigenvalue weighted by molar-refractivity contribution is 8.31. The molecule has 0 nitrogen and oxygen atoms in total. The molecule has 40 radical (unpaired) electrons. The first-order chi connectivity index (χ1) is 17.2. The van der Waals surface area contributed by atoms with Crippen molar-refractivity contribution < 1.29 is 0 Å². The molecule has 0 saturated heterocycles. The third-order valence-electron chi connectivity index (χ3n) is 7.56. The molecule has 0 rings (SSSR count). The van der Waals surface area contributed by atoms with E-state index in [0.29, 0.717) is 0 Å². The van der Waals surface area contributed by atoms with E-state index in [1.807, 2.05) is 0 Å². The van der Waals surface area contributed by atoms with E-state index < -0.39 is 115 Å². The van der Waals surface area contributed by atoms with Gasteiger partial charge in [-0.1, -0.05) is 0 Å². The van der Waals surface area contributed by atoms with Crippen LogP contribution in [0.2, 0.25) is 0 Å². The Morgan fingerprint density at radius 1 is 0.132 bits per heavy atom. The summed E-state index contributed by atoms with van der Waals surface area (Å²) in [7, 11) is 124. The van der Waals surface area contributed by atoms with Crippen LogP contribution in [0.15, 0.2) is 0 Å². The monoisotopic (exact) mass is 418 g/mol. The van der Waals surface area contributed by atoms with Crippen LogP contribution in [-0.2, 0) is 0 Å². The van der Waals surface area contributed by atoms with Gasteiger partial charge < -0.3 is 0 Å². The molecular formula is B38. The summed E-state index contributed by atoms with van der Waals surface area (Å²) >= 11 is 0. The molecule has 0 amide bonds. The van der Waals surface area contributed by atoms with Gasteiger partial charge >= 0.3 is 0 Å². The molecule has 0 unspecified atom stereocenters. The van der Waals surface area contributed by atoms with Crippen molar-refractivity contribution in [1.82, 2.24) is 0 Å². The van der Waals surface area contributed by atoms with E-state index in [2.05, 4.69) is 0 Å². The second kappa shape index (κ2) is 18.3. The standard InChI is InChI=1S/B38/c1-21(2)31(22(3)4)36(32(23(5)6)24(7)8)38(35(29(17)18)30(19)20)37(33(25(9)10)26(11)12)34(27(13)14)28(15)16. The minimum atomic E-state index is -1.20. The van der Waals surface area contributed by atoms with E-state index in [4.69, 9.17) is 155 Å². The van der Waals surface area contributed by atoms with Crippen LogP contribution in [0.3, 0.4) is 0 Å². The van der Waals surface area contributed by atoms with Crippen molar-refractivity contribution in [2.24, 2.45) is 0 Å². The summed E-state index contributed by atoms with van der Waals surface area (Å²) in [5, 5.41) is 0. The fourth-order valence-corrected chi connectivity index (χ4v) is 6.16. The fraction of sp³-hybridized carbons (Fsp3) is 0. The normalized spacial score (nSPS) is 9.58. The van der Waals surface area contributed by atoms with Crippen molar-refractivity contribution in [2.75, 3.05) is 0 Å². The second-order valence-corrected chi connectivity index (χ2v) is 10.4. The molecule has 0 aliphatic carbocycles. The van der Waals surface area contributed by atoms with Crippen molar-refractivity contribution in [3.63, 3.8) is 0 Å². The van der Waals surface area contributed by atoms with Crippen LogP contribution in [-0.4, -0.2) is 270 Å². The highest BCUT2D eigenvalue weighted by Crippen LogP contribution is 2.18. The third kappa shape index (κ3) is 10.9. The summed E-state index contributed by atoms with van der Waals surface area (Å²) in [4.78, 5) is 0. The molecule has 38 heavy (non-hydrogen) atoms. The molecule has 0 N–H and O–H groups in total. The molecule has 0 saturated carbocycles. The van der Waals surface area contributed by atoms with Crippen molar-refractivity contribution in [3.8, 4) is 0 Å². The maximum absolute atomic E-state index is 6.24. The first-order valence-corrected chi connectivity index (χ1v) is 12.3. The van der Waals surface area contributed by atoms with Gasteiger partial charge in [-0.15, -0.1) is 0 Å². The van der Waals surface area contributed by atoms with Gasteiger partial charge in [0.1, 0.15) is 0 Å². The van der Waals surface area contributed by atoms with Gasteiger partial charge in [0.2, 0.25) is 0 Å². The van der Waals surface area contributed by atoms with Crippen LogP contribution in [0.1, 0.15) is 0 Å². The van der Waals surface area contributed by atoms with Crippen LogP contribution < -0.4 is 0 Å². The van der Waals surface area contributed by atoms with Crippen molar-refractivity contribution in [1.29, 1.82) is 0 Å². The lowest BCUT2D eigenvalue weighted by Gasteiger charge is -2.53. The SMILES string of the molecule is [B]B([B])B(B([B])[B])B(B(B([B])[B])B([B])[B])B(B(B([B])[B])B([B])[B])B(B(B([B])[B])B([B])[B])B(B([B])[B])B([B])[B]. The maximum Gasteiger partial charge on any atom is 0 e. The Morgan fingerprint density at radius 3 is 0.289 bits per heavy atom. The summed E-state index contributed by atoms with van der Waals surface area (Å²) in [6.07, 6.45) is -20.0. The molecule has 0 fully saturated rings. The molecule has 0 spiro atoms. The zero-order valence-corrected chi connectivity index (χ0v) is 21.9. The van der Waals surface area contributed by atoms with Crippen molar-refractivity contribution in [3.05, 3.63) is 0 Å². The smallest absolute Gasteiger partial charge is 0 e. The molecule has 0 heterocycles. The molecule has 0 aromatic rings. The largest absolute Gasteiger partial charge is 0 e. The van der Waals surface area contributed by atoms with Gasteiger partial charge in [-0.3, -0.25) is 0 Å². The minimum Gasteiger partial charge on any atom is 0 e. The molecule has 0 aliphatic heterocycles. The Morgan fingerprint density at radius 2 is 0.211 bits per heavy atom. The predicted octanol–water partition coefficient (Wildman–Crippen LogP) is -14.5. The molecule has 0 aromatic carbocycles. The van der Waals surface area contributed by atoms with Crippen molar-refractivity contribution >= 4 is 270 Å². The Hall–Kier alpha value is 2.47. The molecular weight excluding hydrogens is 411 g/mol. The van der Waals surface area contributed by atoms with Gasteiger partial charge in [0.15, 0.2) is 0 Å². The van der Waals surface area contributed by atoms with Crippen LogP contribution >= 0.6 is 0 Å². The molecule has 0 atom stereocenters. The summed E-state index contributed by atoms with van der Waals surface area (Å²) < 4.78 is 0. The lowest BCUT2D eigenvalue weighted by atomic mass is 8.28. The first kappa shape index (κ1) is 40.5. The second-order valence-electron chi connectivity index (χ2n) is 10.4. The van der Waals surface area contributed by atoms with Gasteiger partial charge in [0, 0.05) is 270 Å². The Balaban J connectivity index is 8.12. The average molecular weight is 411 g/mol. The zero-order chi connectivity index (χ0) is 30.4. The Bertz CT molecular complexity index is 478. The van der Waals surface area contributed by atoms with E-state index in [-0.39, 0.29) is 0 Å². The summed E-state index contributed by atoms with van der Waals surface area (Å²) in [5.74, 6) is 0. The predicted molar refractivity (Wildman–Crippen MR) is 219 cm³/mol. The highest BCUT2D eigenvalue weighted by atomic mass is 13.4. The number of rotatable bonds is 17. The van der Waals surface area contributed by atoms with E-state index in [0.717, 1.165) is 0 Å².